The fraction of sp³-hybridized carbons (Fsp3) is 0.214. The molecule has 1 N–H and O–H groups in total. The fourth-order valence-electron chi connectivity index (χ4n) is 4.18. The molecule has 0 aliphatic carbocycles. The fourth-order valence-corrected chi connectivity index (χ4v) is 4.18. The molecule has 4 heterocycles. The zero-order chi connectivity index (χ0) is 26.8. The van der Waals surface area contributed by atoms with Crippen LogP contribution in [0.4, 0.5) is 11.5 Å². The van der Waals surface area contributed by atoms with Gasteiger partial charge in [-0.25, -0.2) is 14.8 Å². The number of hydrogen-bond donors (Lipinski definition) is 1. The third-order valence-corrected chi connectivity index (χ3v) is 6.02. The van der Waals surface area contributed by atoms with E-state index in [1.54, 1.807) is 40.4 Å². The van der Waals surface area contributed by atoms with E-state index in [9.17, 15) is 9.59 Å². The Labute approximate surface area is 218 Å². The number of benzene rings is 1. The highest BCUT2D eigenvalue weighted by molar-refractivity contribution is 5.96. The minimum absolute atomic E-state index is 0.185. The van der Waals surface area contributed by atoms with E-state index in [1.165, 1.54) is 14.0 Å². The van der Waals surface area contributed by atoms with Crippen molar-refractivity contribution < 1.29 is 23.8 Å². The number of methoxy groups -OCH3 is 2. The van der Waals surface area contributed by atoms with E-state index in [0.717, 1.165) is 12.1 Å². The van der Waals surface area contributed by atoms with Gasteiger partial charge in [-0.1, -0.05) is 6.92 Å². The second-order valence-electron chi connectivity index (χ2n) is 8.61. The molecular weight excluding hydrogens is 486 g/mol. The van der Waals surface area contributed by atoms with Crippen LogP contribution in [-0.2, 0) is 4.74 Å². The molecule has 0 spiro atoms. The summed E-state index contributed by atoms with van der Waals surface area (Å²) >= 11 is 0. The highest BCUT2D eigenvalue weighted by atomic mass is 16.5. The highest BCUT2D eigenvalue weighted by Gasteiger charge is 2.24. The Morgan fingerprint density at radius 2 is 1.74 bits per heavy atom. The van der Waals surface area contributed by atoms with Crippen molar-refractivity contribution in [1.82, 2.24) is 18.8 Å². The topological polar surface area (TPSA) is 108 Å². The molecule has 0 atom stereocenters. The summed E-state index contributed by atoms with van der Waals surface area (Å²) in [6, 6.07) is 14.5. The number of nitrogens with zero attached hydrogens (tertiary/aromatic N) is 4. The molecule has 0 amide bonds. The van der Waals surface area contributed by atoms with E-state index in [1.807, 2.05) is 43.3 Å². The highest BCUT2D eigenvalue weighted by Crippen LogP contribution is 2.35. The largest absolute Gasteiger partial charge is 0.497 e. The number of imidazole rings is 2. The predicted molar refractivity (Wildman–Crippen MR) is 143 cm³/mol. The number of anilines is 2. The average Bonchev–Trinajstić information content (AvgIpc) is 3.49. The molecule has 0 aliphatic heterocycles. The molecule has 0 saturated carbocycles. The van der Waals surface area contributed by atoms with Gasteiger partial charge in [0, 0.05) is 31.1 Å². The Bertz CT molecular complexity index is 1650. The summed E-state index contributed by atoms with van der Waals surface area (Å²) < 4.78 is 19.6. The normalized spacial score (nSPS) is 11.1. The smallest absolute Gasteiger partial charge is 0.339 e. The van der Waals surface area contributed by atoms with Crippen LogP contribution in [0.3, 0.4) is 0 Å². The number of rotatable bonds is 9. The minimum Gasteiger partial charge on any atom is -0.497 e. The molecule has 194 valence electrons. The van der Waals surface area contributed by atoms with Crippen molar-refractivity contribution in [3.8, 4) is 22.9 Å². The molecule has 4 aromatic heterocycles. The number of fused-ring (bicyclic) bond motifs is 2. The van der Waals surface area contributed by atoms with Crippen LogP contribution in [0.25, 0.3) is 22.6 Å². The van der Waals surface area contributed by atoms with E-state index in [0.29, 0.717) is 52.0 Å². The summed E-state index contributed by atoms with van der Waals surface area (Å²) in [5, 5.41) is 3.41. The van der Waals surface area contributed by atoms with Crippen LogP contribution in [0.2, 0.25) is 0 Å². The number of esters is 1. The third-order valence-electron chi connectivity index (χ3n) is 6.02. The second-order valence-corrected chi connectivity index (χ2v) is 8.61. The molecule has 0 bridgehead atoms. The monoisotopic (exact) mass is 513 g/mol. The van der Waals surface area contributed by atoms with Gasteiger partial charge in [0.2, 0.25) is 0 Å². The number of carbonyl (C=O) groups excluding carboxylic acids is 2. The van der Waals surface area contributed by atoms with Crippen molar-refractivity contribution in [2.24, 2.45) is 0 Å². The van der Waals surface area contributed by atoms with Crippen molar-refractivity contribution >= 4 is 34.4 Å². The van der Waals surface area contributed by atoms with Gasteiger partial charge in [0.15, 0.2) is 11.6 Å². The van der Waals surface area contributed by atoms with Gasteiger partial charge >= 0.3 is 5.97 Å². The lowest BCUT2D eigenvalue weighted by atomic mass is 10.2. The first-order valence-electron chi connectivity index (χ1n) is 12.1. The maximum Gasteiger partial charge on any atom is 0.339 e. The maximum atomic E-state index is 12.5. The van der Waals surface area contributed by atoms with Crippen LogP contribution in [-0.4, -0.2) is 51.3 Å². The number of carbonyl (C=O) groups is 2. The van der Waals surface area contributed by atoms with Crippen molar-refractivity contribution in [2.45, 2.75) is 20.3 Å². The molecule has 0 radical (unpaired) electrons. The van der Waals surface area contributed by atoms with E-state index >= 15 is 0 Å². The zero-order valence-corrected chi connectivity index (χ0v) is 21.5. The van der Waals surface area contributed by atoms with Crippen LogP contribution >= 0.6 is 0 Å². The van der Waals surface area contributed by atoms with Crippen LogP contribution in [0, 0.1) is 0 Å². The third kappa shape index (κ3) is 4.52. The second kappa shape index (κ2) is 10.3. The van der Waals surface area contributed by atoms with Gasteiger partial charge in [-0.05, 0) is 48.9 Å². The number of nitrogens with one attached hydrogen (secondary N) is 1. The Morgan fingerprint density at radius 1 is 0.947 bits per heavy atom. The van der Waals surface area contributed by atoms with Gasteiger partial charge in [0.25, 0.3) is 0 Å². The number of ether oxygens (including phenoxy) is 3. The van der Waals surface area contributed by atoms with Crippen LogP contribution in [0.1, 0.15) is 41.2 Å². The summed E-state index contributed by atoms with van der Waals surface area (Å²) in [4.78, 5) is 34.4. The van der Waals surface area contributed by atoms with E-state index < -0.39 is 5.97 Å². The number of ketones is 1. The SMILES string of the molecule is CCCOc1ccn2c(C(C)=O)nc(-c3nc4ccc(C(=O)OC)cn4c3Nc3ccc(OC)cc3)c2c1. The van der Waals surface area contributed by atoms with Crippen molar-refractivity contribution in [3.05, 3.63) is 72.3 Å². The molecule has 0 fully saturated rings. The summed E-state index contributed by atoms with van der Waals surface area (Å²) in [6.07, 6.45) is 4.29. The summed E-state index contributed by atoms with van der Waals surface area (Å²) in [6.45, 7) is 4.07. The van der Waals surface area contributed by atoms with E-state index in [4.69, 9.17) is 24.2 Å². The molecule has 0 saturated heterocycles. The lowest BCUT2D eigenvalue weighted by Crippen LogP contribution is -2.04. The van der Waals surface area contributed by atoms with Gasteiger partial charge < -0.3 is 19.5 Å². The lowest BCUT2D eigenvalue weighted by molar-refractivity contribution is 0.0600. The number of Topliss-reactive ketones (excluding diaryl/α,β-unsaturated/α-hetero) is 1. The molecule has 5 rings (SSSR count). The molecule has 5 aromatic rings. The summed E-state index contributed by atoms with van der Waals surface area (Å²) in [7, 11) is 2.94. The van der Waals surface area contributed by atoms with Crippen LogP contribution in [0.15, 0.2) is 60.9 Å². The number of pyridine rings is 2. The minimum atomic E-state index is -0.471. The van der Waals surface area contributed by atoms with Crippen LogP contribution in [0.5, 0.6) is 11.5 Å². The van der Waals surface area contributed by atoms with Gasteiger partial charge in [0.05, 0.1) is 31.9 Å². The first-order chi connectivity index (χ1) is 18.4. The Hall–Kier alpha value is -4.86. The summed E-state index contributed by atoms with van der Waals surface area (Å²) in [5.41, 5.74) is 3.36. The quantitative estimate of drug-likeness (QED) is 0.212. The predicted octanol–water partition coefficient (Wildman–Crippen LogP) is 5.18. The Kier molecular flexibility index (Phi) is 6.69. The molecule has 10 heteroatoms. The molecule has 1 aromatic carbocycles. The van der Waals surface area contributed by atoms with E-state index in [-0.39, 0.29) is 11.6 Å². The van der Waals surface area contributed by atoms with Crippen LogP contribution < -0.4 is 14.8 Å². The summed E-state index contributed by atoms with van der Waals surface area (Å²) in [5.74, 6) is 1.56. The van der Waals surface area contributed by atoms with Crippen molar-refractivity contribution in [3.63, 3.8) is 0 Å². The zero-order valence-electron chi connectivity index (χ0n) is 21.5. The van der Waals surface area contributed by atoms with Gasteiger partial charge in [-0.3, -0.25) is 13.6 Å². The first-order valence-corrected chi connectivity index (χ1v) is 12.1. The van der Waals surface area contributed by atoms with Crippen molar-refractivity contribution in [2.75, 3.05) is 26.1 Å². The van der Waals surface area contributed by atoms with Gasteiger partial charge in [-0.2, -0.15) is 0 Å². The molecular formula is C28H27N5O5. The number of aromatic nitrogens is 4. The molecule has 10 nitrogen and oxygen atoms in total. The average molecular weight is 514 g/mol. The first kappa shape index (κ1) is 24.8. The molecule has 0 aliphatic rings. The number of hydrogen-bond acceptors (Lipinski definition) is 8. The standard InChI is InChI=1S/C28H27N5O5/c1-5-14-38-21-12-13-32-22(15-21)24(31-26(32)17(2)34)25-27(29-19-7-9-20(36-3)10-8-19)33-16-18(28(35)37-4)6-11-23(33)30-25/h6-13,15-16,29H,5,14H2,1-4H3. The van der Waals surface area contributed by atoms with Gasteiger partial charge in [-0.15, -0.1) is 0 Å². The van der Waals surface area contributed by atoms with E-state index in [2.05, 4.69) is 5.32 Å². The molecule has 38 heavy (non-hydrogen) atoms. The Balaban J connectivity index is 1.75. The van der Waals surface area contributed by atoms with Crippen molar-refractivity contribution in [1.29, 1.82) is 0 Å². The molecule has 0 unspecified atom stereocenters. The van der Waals surface area contributed by atoms with Gasteiger partial charge in [0.1, 0.15) is 34.4 Å². The maximum absolute atomic E-state index is 12.5. The lowest BCUT2D eigenvalue weighted by Gasteiger charge is -2.10. The Morgan fingerprint density at radius 3 is 2.42 bits per heavy atom.